The molecule has 4 nitrogen and oxygen atoms in total. The van der Waals surface area contributed by atoms with Gasteiger partial charge in [-0.05, 0) is 71.8 Å². The van der Waals surface area contributed by atoms with E-state index >= 15 is 0 Å². The van der Waals surface area contributed by atoms with Crippen molar-refractivity contribution in [2.45, 2.75) is 45.8 Å². The molecule has 4 aromatic rings. The summed E-state index contributed by atoms with van der Waals surface area (Å²) in [5.41, 5.74) is 4.87. The first-order valence-electron chi connectivity index (χ1n) is 13.3. The van der Waals surface area contributed by atoms with Crippen LogP contribution in [0.15, 0.2) is 97.1 Å². The molecule has 4 aromatic carbocycles. The highest BCUT2D eigenvalue weighted by molar-refractivity contribution is 6.31. The second-order valence-corrected chi connectivity index (χ2v) is 10.5. The number of carbonyl (C=O) groups excluding carboxylic acids is 1. The van der Waals surface area contributed by atoms with E-state index in [2.05, 4.69) is 23.1 Å². The summed E-state index contributed by atoms with van der Waals surface area (Å²) >= 11 is 6.71. The molecule has 0 aliphatic carbocycles. The number of rotatable bonds is 8. The first-order valence-corrected chi connectivity index (χ1v) is 13.7. The van der Waals surface area contributed by atoms with E-state index in [1.807, 2.05) is 55.5 Å². The van der Waals surface area contributed by atoms with E-state index in [0.717, 1.165) is 23.1 Å². The minimum atomic E-state index is -0.447. The van der Waals surface area contributed by atoms with Crippen LogP contribution in [0, 0.1) is 5.82 Å². The average Bonchev–Trinajstić information content (AvgIpc) is 2.96. The quantitative estimate of drug-likeness (QED) is 0.244. The van der Waals surface area contributed by atoms with Gasteiger partial charge >= 0.3 is 0 Å². The lowest BCUT2D eigenvalue weighted by molar-refractivity contribution is -0.138. The molecule has 0 unspecified atom stereocenters. The third kappa shape index (κ3) is 6.38. The fourth-order valence-corrected chi connectivity index (χ4v) is 5.74. The number of hydrogen-bond donors (Lipinski definition) is 1. The Labute approximate surface area is 241 Å². The van der Waals surface area contributed by atoms with Gasteiger partial charge in [0.2, 0.25) is 5.91 Å². The maximum atomic E-state index is 14.4. The molecule has 1 aliphatic rings. The van der Waals surface area contributed by atoms with Crippen molar-refractivity contribution in [3.63, 3.8) is 0 Å². The van der Waals surface area contributed by atoms with Crippen LogP contribution >= 0.6 is 11.6 Å². The molecular formula is C34H36ClFN2O2. The third-order valence-electron chi connectivity index (χ3n) is 7.61. The predicted molar refractivity (Wildman–Crippen MR) is 160 cm³/mol. The maximum Gasteiger partial charge on any atom is 0.239 e. The van der Waals surface area contributed by atoms with E-state index in [4.69, 9.17) is 11.6 Å². The fourth-order valence-electron chi connectivity index (χ4n) is 5.50. The van der Waals surface area contributed by atoms with Crippen molar-refractivity contribution < 1.29 is 14.3 Å². The number of hydrogen-bond acceptors (Lipinski definition) is 3. The summed E-state index contributed by atoms with van der Waals surface area (Å²) in [7, 11) is 0. The number of amides is 1. The highest BCUT2D eigenvalue weighted by Crippen LogP contribution is 2.39. The maximum absolute atomic E-state index is 14.4. The van der Waals surface area contributed by atoms with Crippen LogP contribution in [0.25, 0.3) is 0 Å². The van der Waals surface area contributed by atoms with Gasteiger partial charge in [-0.15, -0.1) is 0 Å². The van der Waals surface area contributed by atoms with Gasteiger partial charge in [-0.2, -0.15) is 0 Å². The molecule has 0 bridgehead atoms. The molecule has 1 aliphatic heterocycles. The number of fused-ring (bicyclic) bond motifs is 1. The molecule has 1 heterocycles. The van der Waals surface area contributed by atoms with E-state index in [-0.39, 0.29) is 30.9 Å². The van der Waals surface area contributed by atoms with Crippen molar-refractivity contribution in [1.29, 1.82) is 0 Å². The number of phenolic OH excluding ortho intramolecular Hbond substituents is 1. The van der Waals surface area contributed by atoms with Crippen LogP contribution in [-0.2, 0) is 24.2 Å². The summed E-state index contributed by atoms with van der Waals surface area (Å²) in [6.45, 7) is 3.39. The van der Waals surface area contributed by atoms with Crippen LogP contribution in [0.3, 0.4) is 0 Å². The molecule has 1 N–H and O–H groups in total. The third-order valence-corrected chi connectivity index (χ3v) is 7.95. The topological polar surface area (TPSA) is 43.8 Å². The highest BCUT2D eigenvalue weighted by atomic mass is 35.5. The number of benzene rings is 4. The summed E-state index contributed by atoms with van der Waals surface area (Å²) < 4.78 is 14.4. The molecule has 208 valence electrons. The zero-order valence-electron chi connectivity index (χ0n) is 21.9. The zero-order chi connectivity index (χ0) is 27.4. The van der Waals surface area contributed by atoms with E-state index in [0.29, 0.717) is 36.6 Å². The minimum absolute atomic E-state index is 0. The summed E-state index contributed by atoms with van der Waals surface area (Å²) in [5.74, 6) is -0.129. The van der Waals surface area contributed by atoms with Crippen molar-refractivity contribution in [3.8, 4) is 5.75 Å². The molecule has 0 aromatic heterocycles. The molecule has 5 rings (SSSR count). The largest absolute Gasteiger partial charge is 0.508 e. The van der Waals surface area contributed by atoms with Crippen molar-refractivity contribution in [2.24, 2.45) is 0 Å². The molecule has 0 saturated carbocycles. The fraction of sp³-hybridized carbons (Fsp3) is 0.265. The Hall–Kier alpha value is -3.67. The van der Waals surface area contributed by atoms with Gasteiger partial charge in [-0.1, -0.05) is 91.8 Å². The molecule has 1 amide bonds. The first-order chi connectivity index (χ1) is 18.9. The van der Waals surface area contributed by atoms with Crippen LogP contribution < -0.4 is 0 Å². The average molecular weight is 559 g/mol. The molecular weight excluding hydrogens is 523 g/mol. The number of phenols is 1. The molecule has 0 saturated heterocycles. The lowest BCUT2D eigenvalue weighted by Crippen LogP contribution is -2.51. The monoisotopic (exact) mass is 558 g/mol. The molecule has 0 fully saturated rings. The van der Waals surface area contributed by atoms with Gasteiger partial charge in [0.05, 0.1) is 12.1 Å². The standard InChI is InChI=1S/C33H32ClFN2O2.CH4/c1-23(37-21-19-25-8-2-4-10-28(25)32(37)29-11-5-6-12-30(29)34)33(39)36(22-24-14-16-27(38)17-15-24)20-18-26-9-3-7-13-31(26)35;/h2-17,23,32,38H,18-22H2,1H3;1H4/t23-,32+;/m0./s1. The Morgan fingerprint density at radius 1 is 0.975 bits per heavy atom. The summed E-state index contributed by atoms with van der Waals surface area (Å²) in [6.07, 6.45) is 1.24. The number of carbonyl (C=O) groups is 1. The molecule has 0 spiro atoms. The Balaban J connectivity index is 0.00000370. The Kier molecular flexibility index (Phi) is 9.62. The minimum Gasteiger partial charge on any atom is -0.508 e. The van der Waals surface area contributed by atoms with Crippen LogP contribution in [0.4, 0.5) is 4.39 Å². The molecule has 0 radical (unpaired) electrons. The summed E-state index contributed by atoms with van der Waals surface area (Å²) in [6, 6.07) is 29.1. The van der Waals surface area contributed by atoms with Gasteiger partial charge in [0.15, 0.2) is 0 Å². The smallest absolute Gasteiger partial charge is 0.239 e. The van der Waals surface area contributed by atoms with Gasteiger partial charge in [-0.3, -0.25) is 9.69 Å². The van der Waals surface area contributed by atoms with Gasteiger partial charge in [0.25, 0.3) is 0 Å². The first kappa shape index (κ1) is 29.3. The molecule has 6 heteroatoms. The molecule has 40 heavy (non-hydrogen) atoms. The van der Waals surface area contributed by atoms with E-state index in [9.17, 15) is 14.3 Å². The highest BCUT2D eigenvalue weighted by Gasteiger charge is 2.36. The zero-order valence-corrected chi connectivity index (χ0v) is 22.7. The lowest BCUT2D eigenvalue weighted by Gasteiger charge is -2.42. The Morgan fingerprint density at radius 2 is 1.62 bits per heavy atom. The SMILES string of the molecule is C.C[C@@H](C(=O)N(CCc1ccccc1F)Cc1ccc(O)cc1)N1CCc2ccccc2[C@@H]1c1ccccc1Cl. The number of halogens is 2. The van der Waals surface area contributed by atoms with Crippen LogP contribution in [0.2, 0.25) is 5.02 Å². The van der Waals surface area contributed by atoms with Crippen molar-refractivity contribution in [2.75, 3.05) is 13.1 Å². The predicted octanol–water partition coefficient (Wildman–Crippen LogP) is 7.43. The normalized spacial score (nSPS) is 15.5. The van der Waals surface area contributed by atoms with Crippen LogP contribution in [-0.4, -0.2) is 39.9 Å². The second-order valence-electron chi connectivity index (χ2n) is 10.1. The van der Waals surface area contributed by atoms with Crippen LogP contribution in [0.1, 0.15) is 48.2 Å². The van der Waals surface area contributed by atoms with Crippen LogP contribution in [0.5, 0.6) is 5.75 Å². The summed E-state index contributed by atoms with van der Waals surface area (Å²) in [4.78, 5) is 18.2. The Morgan fingerprint density at radius 3 is 2.35 bits per heavy atom. The van der Waals surface area contributed by atoms with E-state index < -0.39 is 6.04 Å². The van der Waals surface area contributed by atoms with Crippen molar-refractivity contribution >= 4 is 17.5 Å². The lowest BCUT2D eigenvalue weighted by atomic mass is 9.87. The Bertz CT molecular complexity index is 1440. The van der Waals surface area contributed by atoms with Crippen molar-refractivity contribution in [3.05, 3.63) is 136 Å². The van der Waals surface area contributed by atoms with Gasteiger partial charge in [0.1, 0.15) is 11.6 Å². The summed E-state index contributed by atoms with van der Waals surface area (Å²) in [5, 5.41) is 10.4. The second kappa shape index (κ2) is 13.1. The van der Waals surface area contributed by atoms with E-state index in [1.165, 1.54) is 11.6 Å². The number of aromatic hydroxyl groups is 1. The van der Waals surface area contributed by atoms with Crippen molar-refractivity contribution in [1.82, 2.24) is 9.80 Å². The van der Waals surface area contributed by atoms with Gasteiger partial charge in [0, 0.05) is 24.7 Å². The van der Waals surface area contributed by atoms with E-state index in [1.54, 1.807) is 29.2 Å². The van der Waals surface area contributed by atoms with Gasteiger partial charge < -0.3 is 10.0 Å². The molecule has 2 atom stereocenters. The number of nitrogens with zero attached hydrogens (tertiary/aromatic N) is 2. The van der Waals surface area contributed by atoms with Gasteiger partial charge in [-0.25, -0.2) is 4.39 Å².